The highest BCUT2D eigenvalue weighted by Gasteiger charge is 2.33. The predicted octanol–water partition coefficient (Wildman–Crippen LogP) is 2.50. The lowest BCUT2D eigenvalue weighted by Gasteiger charge is -2.44. The first-order chi connectivity index (χ1) is 8.63. The summed E-state index contributed by atoms with van der Waals surface area (Å²) in [4.78, 5) is 2.65. The zero-order valence-electron chi connectivity index (χ0n) is 12.7. The Hall–Kier alpha value is -0.120. The molecule has 0 aromatic heterocycles. The Morgan fingerprint density at radius 3 is 2.67 bits per heavy atom. The SMILES string of the molecule is CCC(C)N(CCOC)C1CC(C)CCC1CN. The van der Waals surface area contributed by atoms with Crippen molar-refractivity contribution in [3.63, 3.8) is 0 Å². The first kappa shape index (κ1) is 15.9. The monoisotopic (exact) mass is 256 g/mol. The van der Waals surface area contributed by atoms with Gasteiger partial charge in [0.15, 0.2) is 0 Å². The standard InChI is InChI=1S/C15H32N2O/c1-5-13(3)17(8-9-18-4)15-10-12(2)6-7-14(15)11-16/h12-15H,5-11,16H2,1-4H3. The van der Waals surface area contributed by atoms with Crippen molar-refractivity contribution in [2.75, 3.05) is 26.8 Å². The molecule has 3 nitrogen and oxygen atoms in total. The van der Waals surface area contributed by atoms with Crippen LogP contribution in [-0.2, 0) is 4.74 Å². The summed E-state index contributed by atoms with van der Waals surface area (Å²) in [7, 11) is 1.79. The van der Waals surface area contributed by atoms with E-state index in [1.54, 1.807) is 7.11 Å². The number of hydrogen-bond donors (Lipinski definition) is 1. The van der Waals surface area contributed by atoms with Gasteiger partial charge >= 0.3 is 0 Å². The second-order valence-electron chi connectivity index (χ2n) is 5.97. The van der Waals surface area contributed by atoms with E-state index in [4.69, 9.17) is 10.5 Å². The normalized spacial score (nSPS) is 30.7. The van der Waals surface area contributed by atoms with Crippen LogP contribution in [0.15, 0.2) is 0 Å². The quantitative estimate of drug-likeness (QED) is 0.760. The molecule has 1 aliphatic rings. The van der Waals surface area contributed by atoms with Crippen molar-refractivity contribution in [3.8, 4) is 0 Å². The minimum atomic E-state index is 0.629. The largest absolute Gasteiger partial charge is 0.383 e. The average Bonchev–Trinajstić information content (AvgIpc) is 2.39. The number of hydrogen-bond acceptors (Lipinski definition) is 3. The minimum Gasteiger partial charge on any atom is -0.383 e. The molecule has 2 N–H and O–H groups in total. The molecule has 1 aliphatic carbocycles. The van der Waals surface area contributed by atoms with Crippen LogP contribution in [0.3, 0.4) is 0 Å². The maximum atomic E-state index is 5.99. The van der Waals surface area contributed by atoms with Crippen molar-refractivity contribution >= 4 is 0 Å². The molecule has 0 amide bonds. The Labute approximate surface area is 113 Å². The fourth-order valence-corrected chi connectivity index (χ4v) is 3.24. The number of methoxy groups -OCH3 is 1. The summed E-state index contributed by atoms with van der Waals surface area (Å²) in [6.45, 7) is 9.69. The van der Waals surface area contributed by atoms with E-state index in [1.165, 1.54) is 25.7 Å². The summed E-state index contributed by atoms with van der Waals surface area (Å²) in [5.74, 6) is 1.51. The lowest BCUT2D eigenvalue weighted by atomic mass is 9.77. The van der Waals surface area contributed by atoms with E-state index in [2.05, 4.69) is 25.7 Å². The molecule has 4 unspecified atom stereocenters. The second kappa shape index (κ2) is 8.13. The van der Waals surface area contributed by atoms with Gasteiger partial charge in [0.1, 0.15) is 0 Å². The van der Waals surface area contributed by atoms with Gasteiger partial charge in [-0.2, -0.15) is 0 Å². The number of nitrogens with zero attached hydrogens (tertiary/aromatic N) is 1. The zero-order chi connectivity index (χ0) is 13.5. The second-order valence-corrected chi connectivity index (χ2v) is 5.97. The highest BCUT2D eigenvalue weighted by molar-refractivity contribution is 4.88. The molecule has 1 rings (SSSR count). The van der Waals surface area contributed by atoms with Crippen LogP contribution in [0.25, 0.3) is 0 Å². The van der Waals surface area contributed by atoms with Crippen LogP contribution in [0.2, 0.25) is 0 Å². The summed E-state index contributed by atoms with van der Waals surface area (Å²) >= 11 is 0. The van der Waals surface area contributed by atoms with Crippen molar-refractivity contribution in [1.29, 1.82) is 0 Å². The first-order valence-electron chi connectivity index (χ1n) is 7.58. The molecule has 0 spiro atoms. The third-order valence-corrected chi connectivity index (χ3v) is 4.66. The molecule has 0 saturated heterocycles. The summed E-state index contributed by atoms with van der Waals surface area (Å²) < 4.78 is 5.28. The highest BCUT2D eigenvalue weighted by atomic mass is 16.5. The molecule has 108 valence electrons. The average molecular weight is 256 g/mol. The van der Waals surface area contributed by atoms with Crippen LogP contribution >= 0.6 is 0 Å². The van der Waals surface area contributed by atoms with E-state index in [9.17, 15) is 0 Å². The van der Waals surface area contributed by atoms with E-state index in [1.807, 2.05) is 0 Å². The molecule has 0 heterocycles. The molecule has 1 saturated carbocycles. The summed E-state index contributed by atoms with van der Waals surface area (Å²) in [6.07, 6.45) is 5.14. The molecule has 0 bridgehead atoms. The Morgan fingerprint density at radius 1 is 1.39 bits per heavy atom. The van der Waals surface area contributed by atoms with E-state index in [-0.39, 0.29) is 0 Å². The van der Waals surface area contributed by atoms with Crippen molar-refractivity contribution in [1.82, 2.24) is 4.90 Å². The topological polar surface area (TPSA) is 38.5 Å². The van der Waals surface area contributed by atoms with Gasteiger partial charge in [0.2, 0.25) is 0 Å². The molecule has 0 aliphatic heterocycles. The maximum Gasteiger partial charge on any atom is 0.0589 e. The van der Waals surface area contributed by atoms with E-state index in [0.29, 0.717) is 18.0 Å². The van der Waals surface area contributed by atoms with Gasteiger partial charge in [0.05, 0.1) is 6.61 Å². The molecule has 4 atom stereocenters. The Bertz CT molecular complexity index is 223. The molecular formula is C15H32N2O. The van der Waals surface area contributed by atoms with Crippen molar-refractivity contribution < 1.29 is 4.74 Å². The minimum absolute atomic E-state index is 0.629. The Balaban J connectivity index is 2.72. The molecule has 3 heteroatoms. The first-order valence-corrected chi connectivity index (χ1v) is 7.58. The third kappa shape index (κ3) is 4.22. The lowest BCUT2D eigenvalue weighted by molar-refractivity contribution is 0.0321. The molecule has 0 aromatic carbocycles. The van der Waals surface area contributed by atoms with Crippen LogP contribution in [-0.4, -0.2) is 43.8 Å². The molecule has 18 heavy (non-hydrogen) atoms. The van der Waals surface area contributed by atoms with Crippen LogP contribution in [0.5, 0.6) is 0 Å². The van der Waals surface area contributed by atoms with Crippen LogP contribution in [0, 0.1) is 11.8 Å². The summed E-state index contributed by atoms with van der Waals surface area (Å²) in [6, 6.07) is 1.29. The van der Waals surface area contributed by atoms with Gasteiger partial charge in [-0.1, -0.05) is 20.3 Å². The van der Waals surface area contributed by atoms with Gasteiger partial charge in [-0.15, -0.1) is 0 Å². The summed E-state index contributed by atoms with van der Waals surface area (Å²) in [5.41, 5.74) is 5.99. The van der Waals surface area contributed by atoms with Crippen molar-refractivity contribution in [2.45, 2.75) is 58.5 Å². The number of rotatable bonds is 7. The van der Waals surface area contributed by atoms with E-state index < -0.39 is 0 Å². The third-order valence-electron chi connectivity index (χ3n) is 4.66. The number of ether oxygens (including phenoxy) is 1. The molecule has 0 aromatic rings. The predicted molar refractivity (Wildman–Crippen MR) is 77.7 cm³/mol. The van der Waals surface area contributed by atoms with Gasteiger partial charge in [-0.25, -0.2) is 0 Å². The van der Waals surface area contributed by atoms with Crippen LogP contribution < -0.4 is 5.73 Å². The smallest absolute Gasteiger partial charge is 0.0589 e. The highest BCUT2D eigenvalue weighted by Crippen LogP contribution is 2.32. The lowest BCUT2D eigenvalue weighted by Crippen LogP contribution is -2.51. The van der Waals surface area contributed by atoms with Crippen LogP contribution in [0.4, 0.5) is 0 Å². The molecule has 0 radical (unpaired) electrons. The fraction of sp³-hybridized carbons (Fsp3) is 1.00. The molecular weight excluding hydrogens is 224 g/mol. The Morgan fingerprint density at radius 2 is 2.11 bits per heavy atom. The van der Waals surface area contributed by atoms with E-state index >= 15 is 0 Å². The van der Waals surface area contributed by atoms with Gasteiger partial charge < -0.3 is 10.5 Å². The van der Waals surface area contributed by atoms with Crippen molar-refractivity contribution in [3.05, 3.63) is 0 Å². The Kier molecular flexibility index (Phi) is 7.20. The summed E-state index contributed by atoms with van der Waals surface area (Å²) in [5, 5.41) is 0. The zero-order valence-corrected chi connectivity index (χ0v) is 12.7. The maximum absolute atomic E-state index is 5.99. The molecule has 1 fully saturated rings. The van der Waals surface area contributed by atoms with Gasteiger partial charge in [-0.05, 0) is 44.6 Å². The number of nitrogens with two attached hydrogens (primary N) is 1. The van der Waals surface area contributed by atoms with Crippen LogP contribution in [0.1, 0.15) is 46.5 Å². The van der Waals surface area contributed by atoms with Gasteiger partial charge in [-0.3, -0.25) is 4.90 Å². The van der Waals surface area contributed by atoms with E-state index in [0.717, 1.165) is 25.6 Å². The van der Waals surface area contributed by atoms with Gasteiger partial charge in [0.25, 0.3) is 0 Å². The fourth-order valence-electron chi connectivity index (χ4n) is 3.24. The van der Waals surface area contributed by atoms with Gasteiger partial charge in [0, 0.05) is 25.7 Å². The van der Waals surface area contributed by atoms with Crippen molar-refractivity contribution in [2.24, 2.45) is 17.6 Å².